The quantitative estimate of drug-likeness (QED) is 0.505. The van der Waals surface area contributed by atoms with Crippen LogP contribution in [0.1, 0.15) is 12.5 Å². The number of anilines is 1. The molecule has 3 aromatic carbocycles. The van der Waals surface area contributed by atoms with E-state index >= 15 is 0 Å². The van der Waals surface area contributed by atoms with Gasteiger partial charge in [0.2, 0.25) is 0 Å². The molecule has 0 spiro atoms. The molecule has 0 atom stereocenters. The summed E-state index contributed by atoms with van der Waals surface area (Å²) in [7, 11) is 0. The first-order valence-corrected chi connectivity index (χ1v) is 9.21. The zero-order chi connectivity index (χ0) is 18.7. The van der Waals surface area contributed by atoms with Gasteiger partial charge in [0.1, 0.15) is 30.5 Å². The van der Waals surface area contributed by atoms with Gasteiger partial charge in [-0.1, -0.05) is 48.5 Å². The highest BCUT2D eigenvalue weighted by molar-refractivity contribution is 5.56. The number of ether oxygens (including phenoxy) is 3. The fraction of sp³-hybridized carbons (Fsp3) is 0.217. The molecule has 0 aliphatic rings. The highest BCUT2D eigenvalue weighted by Crippen LogP contribution is 2.26. The Morgan fingerprint density at radius 3 is 2.15 bits per heavy atom. The fourth-order valence-electron chi connectivity index (χ4n) is 2.70. The monoisotopic (exact) mass is 363 g/mol. The molecule has 0 amide bonds. The summed E-state index contributed by atoms with van der Waals surface area (Å²) in [4.78, 5) is 0. The van der Waals surface area contributed by atoms with E-state index in [9.17, 15) is 0 Å². The maximum absolute atomic E-state index is 5.93. The van der Waals surface area contributed by atoms with Crippen molar-refractivity contribution in [2.75, 3.05) is 25.1 Å². The van der Waals surface area contributed by atoms with Crippen molar-refractivity contribution in [2.24, 2.45) is 0 Å². The molecule has 0 bridgehead atoms. The summed E-state index contributed by atoms with van der Waals surface area (Å²) in [5, 5.41) is 3.43. The van der Waals surface area contributed by atoms with Crippen molar-refractivity contribution in [1.82, 2.24) is 0 Å². The summed E-state index contributed by atoms with van der Waals surface area (Å²) in [6.45, 7) is 4.26. The number of nitrogens with one attached hydrogen (secondary N) is 1. The zero-order valence-electron chi connectivity index (χ0n) is 15.6. The Hall–Kier alpha value is -3.14. The van der Waals surface area contributed by atoms with Gasteiger partial charge in [0.15, 0.2) is 0 Å². The highest BCUT2D eigenvalue weighted by atomic mass is 16.5. The number of hydrogen-bond donors (Lipinski definition) is 1. The molecule has 1 N–H and O–H groups in total. The Morgan fingerprint density at radius 2 is 1.33 bits per heavy atom. The Kier molecular flexibility index (Phi) is 6.99. The second-order valence-electron chi connectivity index (χ2n) is 5.90. The molecule has 4 nitrogen and oxygen atoms in total. The topological polar surface area (TPSA) is 39.7 Å². The van der Waals surface area contributed by atoms with Crippen LogP contribution in [0.15, 0.2) is 78.9 Å². The van der Waals surface area contributed by atoms with E-state index in [1.807, 2.05) is 79.7 Å². The molecule has 0 radical (unpaired) electrons. The van der Waals surface area contributed by atoms with Crippen molar-refractivity contribution in [1.29, 1.82) is 0 Å². The molecule has 140 valence electrons. The lowest BCUT2D eigenvalue weighted by molar-refractivity contribution is 0.216. The lowest BCUT2D eigenvalue weighted by atomic mass is 10.2. The molecule has 0 aliphatic carbocycles. The van der Waals surface area contributed by atoms with Crippen LogP contribution in [0.25, 0.3) is 0 Å². The summed E-state index contributed by atoms with van der Waals surface area (Å²) in [5.41, 5.74) is 2.06. The van der Waals surface area contributed by atoms with Crippen molar-refractivity contribution < 1.29 is 14.2 Å². The van der Waals surface area contributed by atoms with Gasteiger partial charge in [-0.2, -0.15) is 0 Å². The normalized spacial score (nSPS) is 10.3. The smallest absolute Gasteiger partial charge is 0.142 e. The van der Waals surface area contributed by atoms with Crippen molar-refractivity contribution >= 4 is 5.69 Å². The SMILES string of the molecule is CCOc1ccccc1NCc1ccccc1OCCOc1ccccc1. The highest BCUT2D eigenvalue weighted by Gasteiger charge is 2.06. The molecule has 3 rings (SSSR count). The second-order valence-corrected chi connectivity index (χ2v) is 5.90. The standard InChI is InChI=1S/C23H25NO3/c1-2-25-23-15-9-7-13-21(23)24-18-19-10-6-8-14-22(19)27-17-16-26-20-11-4-3-5-12-20/h3-15,24H,2,16-18H2,1H3. The third-order valence-corrected chi connectivity index (χ3v) is 3.98. The molecule has 0 aliphatic heterocycles. The van der Waals surface area contributed by atoms with Gasteiger partial charge in [-0.3, -0.25) is 0 Å². The van der Waals surface area contributed by atoms with Crippen molar-refractivity contribution in [3.63, 3.8) is 0 Å². The minimum Gasteiger partial charge on any atom is -0.492 e. The Labute approximate surface area is 160 Å². The van der Waals surface area contributed by atoms with Crippen LogP contribution in [0.4, 0.5) is 5.69 Å². The lowest BCUT2D eigenvalue weighted by Gasteiger charge is -2.15. The first-order chi connectivity index (χ1) is 13.4. The van der Waals surface area contributed by atoms with Crippen molar-refractivity contribution in [3.05, 3.63) is 84.4 Å². The van der Waals surface area contributed by atoms with Crippen LogP contribution in [0.2, 0.25) is 0 Å². The van der Waals surface area contributed by atoms with E-state index in [0.29, 0.717) is 26.4 Å². The van der Waals surface area contributed by atoms with E-state index < -0.39 is 0 Å². The third-order valence-electron chi connectivity index (χ3n) is 3.98. The van der Waals surface area contributed by atoms with Crippen LogP contribution in [0.3, 0.4) is 0 Å². The molecular weight excluding hydrogens is 338 g/mol. The van der Waals surface area contributed by atoms with Gasteiger partial charge in [0.25, 0.3) is 0 Å². The van der Waals surface area contributed by atoms with Crippen LogP contribution in [-0.2, 0) is 6.54 Å². The Morgan fingerprint density at radius 1 is 0.667 bits per heavy atom. The number of para-hydroxylation sites is 4. The first-order valence-electron chi connectivity index (χ1n) is 9.21. The van der Waals surface area contributed by atoms with Gasteiger partial charge in [0, 0.05) is 12.1 Å². The average Bonchev–Trinajstić information content (AvgIpc) is 2.72. The second kappa shape index (κ2) is 10.1. The summed E-state index contributed by atoms with van der Waals surface area (Å²) in [6.07, 6.45) is 0. The first kappa shape index (κ1) is 18.6. The summed E-state index contributed by atoms with van der Waals surface area (Å²) in [5.74, 6) is 2.56. The molecule has 27 heavy (non-hydrogen) atoms. The molecule has 3 aromatic rings. The maximum atomic E-state index is 5.93. The Balaban J connectivity index is 1.54. The third kappa shape index (κ3) is 5.68. The van der Waals surface area contributed by atoms with E-state index in [2.05, 4.69) is 11.4 Å². The van der Waals surface area contributed by atoms with Gasteiger partial charge < -0.3 is 19.5 Å². The van der Waals surface area contributed by atoms with E-state index in [1.54, 1.807) is 0 Å². The van der Waals surface area contributed by atoms with Crippen LogP contribution >= 0.6 is 0 Å². The Bertz CT molecular complexity index is 821. The van der Waals surface area contributed by atoms with Crippen molar-refractivity contribution in [2.45, 2.75) is 13.5 Å². The molecule has 0 fully saturated rings. The fourth-order valence-corrected chi connectivity index (χ4v) is 2.70. The van der Waals surface area contributed by atoms with Gasteiger partial charge in [-0.25, -0.2) is 0 Å². The zero-order valence-corrected chi connectivity index (χ0v) is 15.6. The number of hydrogen-bond acceptors (Lipinski definition) is 4. The molecule has 0 saturated carbocycles. The molecular formula is C23H25NO3. The van der Waals surface area contributed by atoms with Crippen LogP contribution in [-0.4, -0.2) is 19.8 Å². The number of benzene rings is 3. The van der Waals surface area contributed by atoms with E-state index in [-0.39, 0.29) is 0 Å². The molecule has 0 unspecified atom stereocenters. The summed E-state index contributed by atoms with van der Waals surface area (Å²) >= 11 is 0. The maximum Gasteiger partial charge on any atom is 0.142 e. The summed E-state index contributed by atoms with van der Waals surface area (Å²) < 4.78 is 17.3. The molecule has 4 heteroatoms. The minimum absolute atomic E-state index is 0.488. The van der Waals surface area contributed by atoms with Crippen molar-refractivity contribution in [3.8, 4) is 17.2 Å². The predicted octanol–water partition coefficient (Wildman–Crippen LogP) is 5.16. The van der Waals surface area contributed by atoms with Crippen LogP contribution in [0, 0.1) is 0 Å². The van der Waals surface area contributed by atoms with Crippen LogP contribution < -0.4 is 19.5 Å². The van der Waals surface area contributed by atoms with E-state index in [1.165, 1.54) is 0 Å². The van der Waals surface area contributed by atoms with Gasteiger partial charge in [0.05, 0.1) is 12.3 Å². The van der Waals surface area contributed by atoms with Gasteiger partial charge in [-0.15, -0.1) is 0 Å². The minimum atomic E-state index is 0.488. The lowest BCUT2D eigenvalue weighted by Crippen LogP contribution is -2.11. The summed E-state index contributed by atoms with van der Waals surface area (Å²) in [6, 6.07) is 25.7. The van der Waals surface area contributed by atoms with Gasteiger partial charge in [-0.05, 0) is 37.3 Å². The van der Waals surface area contributed by atoms with Crippen LogP contribution in [0.5, 0.6) is 17.2 Å². The van der Waals surface area contributed by atoms with Gasteiger partial charge >= 0.3 is 0 Å². The number of rotatable bonds is 10. The predicted molar refractivity (Wildman–Crippen MR) is 109 cm³/mol. The molecule has 0 saturated heterocycles. The van der Waals surface area contributed by atoms with E-state index in [4.69, 9.17) is 14.2 Å². The molecule has 0 heterocycles. The molecule has 0 aromatic heterocycles. The average molecular weight is 363 g/mol. The largest absolute Gasteiger partial charge is 0.492 e. The van der Waals surface area contributed by atoms with E-state index in [0.717, 1.165) is 28.5 Å².